The molecule has 0 saturated carbocycles. The van der Waals surface area contributed by atoms with Crippen molar-refractivity contribution in [2.45, 2.75) is 19.4 Å². The minimum absolute atomic E-state index is 0.231. The van der Waals surface area contributed by atoms with E-state index < -0.39 is 0 Å². The second kappa shape index (κ2) is 6.36. The maximum atomic E-state index is 11.7. The molecule has 1 rings (SSSR count). The first-order valence-corrected chi connectivity index (χ1v) is 5.68. The van der Waals surface area contributed by atoms with Crippen molar-refractivity contribution in [3.63, 3.8) is 0 Å². The summed E-state index contributed by atoms with van der Waals surface area (Å²) in [6, 6.07) is -0.252. The molecule has 0 aromatic carbocycles. The van der Waals surface area contributed by atoms with Gasteiger partial charge in [0.15, 0.2) is 5.69 Å². The molecule has 96 valence electrons. The quantitative estimate of drug-likeness (QED) is 0.750. The Morgan fingerprint density at radius 2 is 2.35 bits per heavy atom. The average molecular weight is 240 g/mol. The highest BCUT2D eigenvalue weighted by molar-refractivity contribution is 5.91. The molecule has 6 nitrogen and oxygen atoms in total. The van der Waals surface area contributed by atoms with Gasteiger partial charge in [-0.05, 0) is 20.5 Å². The third-order valence-electron chi connectivity index (χ3n) is 2.36. The lowest BCUT2D eigenvalue weighted by atomic mass is 10.2. The van der Waals surface area contributed by atoms with E-state index in [1.165, 1.54) is 6.26 Å². The molecule has 17 heavy (non-hydrogen) atoms. The molecule has 1 unspecified atom stereocenters. The molecule has 1 amide bonds. The van der Waals surface area contributed by atoms with Crippen LogP contribution in [0.15, 0.2) is 10.7 Å². The summed E-state index contributed by atoms with van der Waals surface area (Å²) in [5.41, 5.74) is 6.03. The Kier molecular flexibility index (Phi) is 5.11. The van der Waals surface area contributed by atoms with Gasteiger partial charge < -0.3 is 20.4 Å². The molecule has 3 N–H and O–H groups in total. The summed E-state index contributed by atoms with van der Waals surface area (Å²) < 4.78 is 5.16. The number of nitrogens with two attached hydrogens (primary N) is 1. The summed E-state index contributed by atoms with van der Waals surface area (Å²) >= 11 is 0. The van der Waals surface area contributed by atoms with E-state index in [1.54, 1.807) is 0 Å². The van der Waals surface area contributed by atoms with Crippen molar-refractivity contribution in [1.82, 2.24) is 15.2 Å². The van der Waals surface area contributed by atoms with Crippen LogP contribution in [0.3, 0.4) is 0 Å². The summed E-state index contributed by atoms with van der Waals surface area (Å²) in [4.78, 5) is 17.7. The minimum Gasteiger partial charge on any atom is -0.446 e. The Hall–Kier alpha value is -1.40. The first-order valence-electron chi connectivity index (χ1n) is 5.68. The van der Waals surface area contributed by atoms with Crippen LogP contribution in [-0.2, 0) is 0 Å². The molecule has 6 heteroatoms. The zero-order valence-corrected chi connectivity index (χ0v) is 10.6. The lowest BCUT2D eigenvalue weighted by Gasteiger charge is -2.09. The van der Waals surface area contributed by atoms with Crippen molar-refractivity contribution in [3.8, 4) is 0 Å². The number of likely N-dealkylation sites (N-methyl/N-ethyl adjacent to an activating group) is 1. The summed E-state index contributed by atoms with van der Waals surface area (Å²) in [7, 11) is 3.89. The Morgan fingerprint density at radius 1 is 1.65 bits per heavy atom. The summed E-state index contributed by atoms with van der Waals surface area (Å²) in [5.74, 6) is 0.176. The molecule has 1 atom stereocenters. The number of hydrogen-bond acceptors (Lipinski definition) is 5. The van der Waals surface area contributed by atoms with Crippen molar-refractivity contribution < 1.29 is 9.21 Å². The molecule has 1 aromatic rings. The van der Waals surface area contributed by atoms with Crippen LogP contribution in [0, 0.1) is 0 Å². The summed E-state index contributed by atoms with van der Waals surface area (Å²) in [5, 5.41) is 2.76. The number of carbonyl (C=O) groups is 1. The molecule has 0 aliphatic heterocycles. The number of amides is 1. The molecule has 0 spiro atoms. The fourth-order valence-corrected chi connectivity index (χ4v) is 1.22. The van der Waals surface area contributed by atoms with E-state index in [4.69, 9.17) is 10.2 Å². The van der Waals surface area contributed by atoms with Crippen molar-refractivity contribution in [2.24, 2.45) is 5.73 Å². The van der Waals surface area contributed by atoms with Crippen LogP contribution in [0.4, 0.5) is 0 Å². The summed E-state index contributed by atoms with van der Waals surface area (Å²) in [6.45, 7) is 3.30. The van der Waals surface area contributed by atoms with Crippen LogP contribution in [0.5, 0.6) is 0 Å². The number of hydrogen-bond donors (Lipinski definition) is 2. The van der Waals surface area contributed by atoms with Crippen LogP contribution in [-0.4, -0.2) is 43.0 Å². The van der Waals surface area contributed by atoms with Crippen molar-refractivity contribution in [3.05, 3.63) is 17.8 Å². The normalized spacial score (nSPS) is 12.8. The zero-order valence-electron chi connectivity index (χ0n) is 10.6. The highest BCUT2D eigenvalue weighted by Crippen LogP contribution is 2.12. The van der Waals surface area contributed by atoms with Gasteiger partial charge in [-0.3, -0.25) is 4.79 Å². The van der Waals surface area contributed by atoms with Gasteiger partial charge in [0.2, 0.25) is 5.89 Å². The van der Waals surface area contributed by atoms with Gasteiger partial charge in [-0.15, -0.1) is 0 Å². The van der Waals surface area contributed by atoms with Gasteiger partial charge in [-0.2, -0.15) is 0 Å². The SMILES string of the molecule is CCC(N)c1nc(C(=O)NCCN(C)C)co1. The maximum absolute atomic E-state index is 11.7. The fraction of sp³-hybridized carbons (Fsp3) is 0.636. The van der Waals surface area contributed by atoms with E-state index in [2.05, 4.69) is 10.3 Å². The third-order valence-corrected chi connectivity index (χ3v) is 2.36. The van der Waals surface area contributed by atoms with E-state index in [0.29, 0.717) is 12.4 Å². The van der Waals surface area contributed by atoms with Crippen molar-refractivity contribution in [1.29, 1.82) is 0 Å². The predicted octanol–water partition coefficient (Wildman–Crippen LogP) is 0.376. The maximum Gasteiger partial charge on any atom is 0.273 e. The number of oxazole rings is 1. The topological polar surface area (TPSA) is 84.4 Å². The first kappa shape index (κ1) is 13.7. The number of nitrogens with zero attached hydrogens (tertiary/aromatic N) is 2. The second-order valence-electron chi connectivity index (χ2n) is 4.14. The summed E-state index contributed by atoms with van der Waals surface area (Å²) in [6.07, 6.45) is 2.07. The largest absolute Gasteiger partial charge is 0.446 e. The standard InChI is InChI=1S/C11H20N4O2/c1-4-8(12)11-14-9(7-17-11)10(16)13-5-6-15(2)3/h7-8H,4-6,12H2,1-3H3,(H,13,16). The second-order valence-corrected chi connectivity index (χ2v) is 4.14. The molecule has 1 heterocycles. The molecule has 0 aliphatic carbocycles. The lowest BCUT2D eigenvalue weighted by Crippen LogP contribution is -2.31. The molecule has 0 fully saturated rings. The average Bonchev–Trinajstić information content (AvgIpc) is 2.76. The smallest absolute Gasteiger partial charge is 0.273 e. The van der Waals surface area contributed by atoms with Gasteiger partial charge in [-0.1, -0.05) is 6.92 Å². The number of nitrogens with one attached hydrogen (secondary N) is 1. The predicted molar refractivity (Wildman–Crippen MR) is 64.6 cm³/mol. The number of carbonyl (C=O) groups excluding carboxylic acids is 1. The van der Waals surface area contributed by atoms with Gasteiger partial charge in [0.1, 0.15) is 6.26 Å². The van der Waals surface area contributed by atoms with E-state index in [0.717, 1.165) is 13.0 Å². The van der Waals surface area contributed by atoms with Gasteiger partial charge in [0, 0.05) is 13.1 Å². The molecule has 0 saturated heterocycles. The van der Waals surface area contributed by atoms with Crippen LogP contribution < -0.4 is 11.1 Å². The van der Waals surface area contributed by atoms with E-state index in [9.17, 15) is 4.79 Å². The third kappa shape index (κ3) is 4.16. The minimum atomic E-state index is -0.252. The Labute approximate surface area is 101 Å². The van der Waals surface area contributed by atoms with Gasteiger partial charge in [0.05, 0.1) is 6.04 Å². The fourth-order valence-electron chi connectivity index (χ4n) is 1.22. The first-order chi connectivity index (χ1) is 8.04. The van der Waals surface area contributed by atoms with Crippen LogP contribution in [0.1, 0.15) is 35.8 Å². The van der Waals surface area contributed by atoms with Crippen LogP contribution in [0.25, 0.3) is 0 Å². The van der Waals surface area contributed by atoms with Crippen LogP contribution in [0.2, 0.25) is 0 Å². The molecular formula is C11H20N4O2. The van der Waals surface area contributed by atoms with Gasteiger partial charge in [-0.25, -0.2) is 4.98 Å². The molecule has 0 radical (unpaired) electrons. The van der Waals surface area contributed by atoms with Gasteiger partial charge in [0.25, 0.3) is 5.91 Å². The zero-order chi connectivity index (χ0) is 12.8. The van der Waals surface area contributed by atoms with E-state index in [1.807, 2.05) is 25.9 Å². The number of rotatable bonds is 6. The molecule has 1 aromatic heterocycles. The monoisotopic (exact) mass is 240 g/mol. The highest BCUT2D eigenvalue weighted by Gasteiger charge is 2.15. The van der Waals surface area contributed by atoms with E-state index >= 15 is 0 Å². The molecule has 0 bridgehead atoms. The van der Waals surface area contributed by atoms with Gasteiger partial charge >= 0.3 is 0 Å². The van der Waals surface area contributed by atoms with E-state index in [-0.39, 0.29) is 17.6 Å². The number of aromatic nitrogens is 1. The highest BCUT2D eigenvalue weighted by atomic mass is 16.3. The molecular weight excluding hydrogens is 220 g/mol. The Bertz CT molecular complexity index is 362. The van der Waals surface area contributed by atoms with Crippen LogP contribution >= 0.6 is 0 Å². The van der Waals surface area contributed by atoms with Crippen molar-refractivity contribution in [2.75, 3.05) is 27.2 Å². The lowest BCUT2D eigenvalue weighted by molar-refractivity contribution is 0.0946. The Morgan fingerprint density at radius 3 is 2.94 bits per heavy atom. The molecule has 0 aliphatic rings. The Balaban J connectivity index is 2.49. The van der Waals surface area contributed by atoms with Crippen molar-refractivity contribution >= 4 is 5.91 Å².